The second-order valence-electron chi connectivity index (χ2n) is 4.69. The van der Waals surface area contributed by atoms with Crippen molar-refractivity contribution < 1.29 is 14.7 Å². The lowest BCUT2D eigenvalue weighted by molar-refractivity contribution is -0.146. The molecule has 0 saturated heterocycles. The van der Waals surface area contributed by atoms with Crippen LogP contribution in [-0.2, 0) is 9.59 Å². The molecule has 15 heavy (non-hydrogen) atoms. The SMILES string of the molecule is O=C(O)C1CC(NC(=O)C2CCCC2)C1. The number of hydrogen-bond acceptors (Lipinski definition) is 2. The van der Waals surface area contributed by atoms with Gasteiger partial charge in [0.1, 0.15) is 0 Å². The van der Waals surface area contributed by atoms with Crippen molar-refractivity contribution in [2.45, 2.75) is 44.6 Å². The molecule has 84 valence electrons. The highest BCUT2D eigenvalue weighted by Crippen LogP contribution is 2.29. The van der Waals surface area contributed by atoms with Crippen LogP contribution in [0, 0.1) is 11.8 Å². The van der Waals surface area contributed by atoms with Gasteiger partial charge in [-0.25, -0.2) is 0 Å². The molecule has 0 unspecified atom stereocenters. The van der Waals surface area contributed by atoms with E-state index in [2.05, 4.69) is 5.32 Å². The Labute approximate surface area is 89.0 Å². The maximum absolute atomic E-state index is 11.7. The van der Waals surface area contributed by atoms with Crippen LogP contribution < -0.4 is 5.32 Å². The highest BCUT2D eigenvalue weighted by Gasteiger charge is 2.36. The average Bonchev–Trinajstić information content (AvgIpc) is 2.61. The van der Waals surface area contributed by atoms with E-state index in [0.717, 1.165) is 25.7 Å². The monoisotopic (exact) mass is 211 g/mol. The Balaban J connectivity index is 1.70. The van der Waals surface area contributed by atoms with Gasteiger partial charge in [-0.05, 0) is 25.7 Å². The molecule has 2 fully saturated rings. The minimum atomic E-state index is -0.735. The van der Waals surface area contributed by atoms with Crippen LogP contribution in [0.3, 0.4) is 0 Å². The van der Waals surface area contributed by atoms with Gasteiger partial charge >= 0.3 is 5.97 Å². The predicted octanol–water partition coefficient (Wildman–Crippen LogP) is 1.16. The summed E-state index contributed by atoms with van der Waals surface area (Å²) in [5.74, 6) is -0.643. The average molecular weight is 211 g/mol. The van der Waals surface area contributed by atoms with Gasteiger partial charge in [0.05, 0.1) is 5.92 Å². The Morgan fingerprint density at radius 2 is 1.67 bits per heavy atom. The summed E-state index contributed by atoms with van der Waals surface area (Å²) in [5, 5.41) is 11.6. The zero-order valence-electron chi connectivity index (χ0n) is 8.74. The van der Waals surface area contributed by atoms with Crippen molar-refractivity contribution in [3.05, 3.63) is 0 Å². The van der Waals surface area contributed by atoms with Crippen LogP contribution in [0.2, 0.25) is 0 Å². The molecule has 4 heteroatoms. The summed E-state index contributed by atoms with van der Waals surface area (Å²) in [6, 6.07) is 0.110. The van der Waals surface area contributed by atoms with Crippen LogP contribution in [0.25, 0.3) is 0 Å². The van der Waals surface area contributed by atoms with Crippen LogP contribution in [0.15, 0.2) is 0 Å². The number of carboxylic acid groups (broad SMARTS) is 1. The topological polar surface area (TPSA) is 66.4 Å². The highest BCUT2D eigenvalue weighted by molar-refractivity contribution is 5.80. The molecular formula is C11H17NO3. The molecule has 2 aliphatic rings. The first-order valence-corrected chi connectivity index (χ1v) is 5.70. The molecular weight excluding hydrogens is 194 g/mol. The zero-order valence-corrected chi connectivity index (χ0v) is 8.74. The number of rotatable bonds is 3. The molecule has 2 rings (SSSR count). The molecule has 0 aromatic rings. The summed E-state index contributed by atoms with van der Waals surface area (Å²) < 4.78 is 0. The molecule has 0 bridgehead atoms. The summed E-state index contributed by atoms with van der Waals surface area (Å²) in [4.78, 5) is 22.2. The minimum absolute atomic E-state index is 0.110. The van der Waals surface area contributed by atoms with Gasteiger partial charge in [0, 0.05) is 12.0 Å². The third kappa shape index (κ3) is 2.30. The van der Waals surface area contributed by atoms with E-state index in [1.165, 1.54) is 0 Å². The number of carboxylic acids is 1. The Hall–Kier alpha value is -1.06. The van der Waals surface area contributed by atoms with Crippen LogP contribution in [0.4, 0.5) is 0 Å². The van der Waals surface area contributed by atoms with Crippen molar-refractivity contribution in [2.24, 2.45) is 11.8 Å². The number of nitrogens with one attached hydrogen (secondary N) is 1. The summed E-state index contributed by atoms with van der Waals surface area (Å²) in [5.41, 5.74) is 0. The van der Waals surface area contributed by atoms with Crippen molar-refractivity contribution in [1.29, 1.82) is 0 Å². The summed E-state index contributed by atoms with van der Waals surface area (Å²) in [7, 11) is 0. The van der Waals surface area contributed by atoms with Gasteiger partial charge in [-0.15, -0.1) is 0 Å². The zero-order chi connectivity index (χ0) is 10.8. The van der Waals surface area contributed by atoms with E-state index in [1.54, 1.807) is 0 Å². The first kappa shape index (κ1) is 10.5. The van der Waals surface area contributed by atoms with Gasteiger partial charge in [0.15, 0.2) is 0 Å². The fourth-order valence-corrected chi connectivity index (χ4v) is 2.44. The van der Waals surface area contributed by atoms with E-state index in [4.69, 9.17) is 5.11 Å². The maximum Gasteiger partial charge on any atom is 0.306 e. The van der Waals surface area contributed by atoms with E-state index >= 15 is 0 Å². The number of hydrogen-bond donors (Lipinski definition) is 2. The fraction of sp³-hybridized carbons (Fsp3) is 0.818. The molecule has 0 aromatic carbocycles. The Kier molecular flexibility index (Phi) is 2.93. The summed E-state index contributed by atoms with van der Waals surface area (Å²) >= 11 is 0. The van der Waals surface area contributed by atoms with Crippen LogP contribution >= 0.6 is 0 Å². The lowest BCUT2D eigenvalue weighted by Crippen LogP contribution is -2.48. The number of aliphatic carboxylic acids is 1. The van der Waals surface area contributed by atoms with Crippen molar-refractivity contribution in [3.63, 3.8) is 0 Å². The van der Waals surface area contributed by atoms with Gasteiger partial charge in [-0.1, -0.05) is 12.8 Å². The van der Waals surface area contributed by atoms with Gasteiger partial charge in [-0.2, -0.15) is 0 Å². The van der Waals surface area contributed by atoms with E-state index in [9.17, 15) is 9.59 Å². The van der Waals surface area contributed by atoms with Crippen LogP contribution in [0.1, 0.15) is 38.5 Å². The van der Waals surface area contributed by atoms with Gasteiger partial charge in [0.2, 0.25) is 5.91 Å². The first-order chi connectivity index (χ1) is 7.16. The normalized spacial score (nSPS) is 30.9. The van der Waals surface area contributed by atoms with E-state index in [1.807, 2.05) is 0 Å². The summed E-state index contributed by atoms with van der Waals surface area (Å²) in [6.45, 7) is 0. The van der Waals surface area contributed by atoms with Gasteiger partial charge < -0.3 is 10.4 Å². The second-order valence-corrected chi connectivity index (χ2v) is 4.69. The number of carbonyl (C=O) groups excluding carboxylic acids is 1. The molecule has 0 heterocycles. The van der Waals surface area contributed by atoms with E-state index < -0.39 is 5.97 Å². The lowest BCUT2D eigenvalue weighted by atomic mass is 9.80. The van der Waals surface area contributed by atoms with E-state index in [-0.39, 0.29) is 23.8 Å². The Morgan fingerprint density at radius 1 is 1.07 bits per heavy atom. The van der Waals surface area contributed by atoms with Gasteiger partial charge in [0.25, 0.3) is 0 Å². The minimum Gasteiger partial charge on any atom is -0.481 e. The summed E-state index contributed by atoms with van der Waals surface area (Å²) in [6.07, 6.45) is 5.52. The maximum atomic E-state index is 11.7. The number of amides is 1. The molecule has 2 saturated carbocycles. The number of carbonyl (C=O) groups is 2. The van der Waals surface area contributed by atoms with Crippen molar-refractivity contribution in [3.8, 4) is 0 Å². The van der Waals surface area contributed by atoms with Crippen molar-refractivity contribution in [2.75, 3.05) is 0 Å². The van der Waals surface area contributed by atoms with Gasteiger partial charge in [-0.3, -0.25) is 9.59 Å². The molecule has 2 N–H and O–H groups in total. The largest absolute Gasteiger partial charge is 0.481 e. The predicted molar refractivity (Wildman–Crippen MR) is 54.2 cm³/mol. The quantitative estimate of drug-likeness (QED) is 0.736. The first-order valence-electron chi connectivity index (χ1n) is 5.70. The molecule has 4 nitrogen and oxygen atoms in total. The van der Waals surface area contributed by atoms with Crippen LogP contribution in [0.5, 0.6) is 0 Å². The van der Waals surface area contributed by atoms with Crippen molar-refractivity contribution >= 4 is 11.9 Å². The smallest absolute Gasteiger partial charge is 0.306 e. The Bertz CT molecular complexity index is 265. The lowest BCUT2D eigenvalue weighted by Gasteiger charge is -2.33. The third-order valence-electron chi connectivity index (χ3n) is 3.56. The third-order valence-corrected chi connectivity index (χ3v) is 3.56. The molecule has 0 radical (unpaired) electrons. The molecule has 1 amide bonds. The Morgan fingerprint density at radius 3 is 2.20 bits per heavy atom. The van der Waals surface area contributed by atoms with Crippen molar-refractivity contribution in [1.82, 2.24) is 5.32 Å². The van der Waals surface area contributed by atoms with Crippen LogP contribution in [-0.4, -0.2) is 23.0 Å². The molecule has 0 atom stereocenters. The highest BCUT2D eigenvalue weighted by atomic mass is 16.4. The van der Waals surface area contributed by atoms with E-state index in [0.29, 0.717) is 12.8 Å². The fourth-order valence-electron chi connectivity index (χ4n) is 2.44. The molecule has 0 spiro atoms. The standard InChI is InChI=1S/C11H17NO3/c13-10(7-3-1-2-4-7)12-9-5-8(6-9)11(14)15/h7-9H,1-6H2,(H,12,13)(H,14,15). The molecule has 0 aliphatic heterocycles. The molecule has 2 aliphatic carbocycles. The molecule has 0 aromatic heterocycles. The second kappa shape index (κ2) is 4.21.